The number of aromatic amines is 1. The van der Waals surface area contributed by atoms with Crippen LogP contribution < -0.4 is 5.32 Å². The lowest BCUT2D eigenvalue weighted by Gasteiger charge is -2.36. The highest BCUT2D eigenvalue weighted by atomic mass is 16.2. The Morgan fingerprint density at radius 3 is 2.95 bits per heavy atom. The van der Waals surface area contributed by atoms with Crippen molar-refractivity contribution in [3.8, 4) is 0 Å². The van der Waals surface area contributed by atoms with E-state index in [1.807, 2.05) is 12.4 Å². The third-order valence-electron chi connectivity index (χ3n) is 5.78. The molecule has 1 amide bonds. The zero-order valence-electron chi connectivity index (χ0n) is 12.5. The third kappa shape index (κ3) is 2.27. The highest BCUT2D eigenvalue weighted by molar-refractivity contribution is 5.83. The summed E-state index contributed by atoms with van der Waals surface area (Å²) in [5.41, 5.74) is 1.50. The number of carbonyl (C=O) groups excluding carboxylic acids is 1. The van der Waals surface area contributed by atoms with Crippen LogP contribution in [0.3, 0.4) is 0 Å². The van der Waals surface area contributed by atoms with Crippen LogP contribution in [-0.4, -0.2) is 40.6 Å². The van der Waals surface area contributed by atoms with Crippen LogP contribution in [0.25, 0.3) is 0 Å². The van der Waals surface area contributed by atoms with Gasteiger partial charge in [-0.05, 0) is 57.0 Å². The molecule has 1 spiro atoms. The fourth-order valence-corrected chi connectivity index (χ4v) is 4.36. The van der Waals surface area contributed by atoms with E-state index in [9.17, 15) is 4.79 Å². The van der Waals surface area contributed by atoms with Gasteiger partial charge in [-0.25, -0.2) is 0 Å². The largest absolute Gasteiger partial charge is 0.335 e. The number of amides is 1. The summed E-state index contributed by atoms with van der Waals surface area (Å²) in [7, 11) is 0. The number of carbonyl (C=O) groups is 1. The van der Waals surface area contributed by atoms with Crippen molar-refractivity contribution in [2.75, 3.05) is 19.6 Å². The molecule has 0 bridgehead atoms. The summed E-state index contributed by atoms with van der Waals surface area (Å²) >= 11 is 0. The summed E-state index contributed by atoms with van der Waals surface area (Å²) < 4.78 is 0. The van der Waals surface area contributed by atoms with Crippen LogP contribution in [0.15, 0.2) is 12.4 Å². The van der Waals surface area contributed by atoms with Crippen molar-refractivity contribution in [2.24, 2.45) is 11.3 Å². The summed E-state index contributed by atoms with van der Waals surface area (Å²) in [6.07, 6.45) is 10.7. The Bertz CT molecular complexity index is 506. The molecule has 0 aromatic carbocycles. The van der Waals surface area contributed by atoms with Gasteiger partial charge in [0.15, 0.2) is 0 Å². The smallest absolute Gasteiger partial charge is 0.226 e. The van der Waals surface area contributed by atoms with Crippen LogP contribution in [0.2, 0.25) is 0 Å². The second-order valence-electron chi connectivity index (χ2n) is 6.94. The third-order valence-corrected chi connectivity index (χ3v) is 5.78. The van der Waals surface area contributed by atoms with E-state index in [1.54, 1.807) is 0 Å². The topological polar surface area (TPSA) is 61.0 Å². The number of hydrogen-bond acceptors (Lipinski definition) is 3. The number of likely N-dealkylation sites (tertiary alicyclic amines) is 1. The first-order valence-electron chi connectivity index (χ1n) is 8.30. The number of hydrogen-bond donors (Lipinski definition) is 2. The van der Waals surface area contributed by atoms with E-state index in [0.29, 0.717) is 11.3 Å². The van der Waals surface area contributed by atoms with Crippen LogP contribution >= 0.6 is 0 Å². The van der Waals surface area contributed by atoms with Gasteiger partial charge in [-0.1, -0.05) is 0 Å². The van der Waals surface area contributed by atoms with E-state index < -0.39 is 0 Å². The van der Waals surface area contributed by atoms with Crippen LogP contribution in [0.4, 0.5) is 0 Å². The minimum atomic E-state index is 0.240. The second-order valence-corrected chi connectivity index (χ2v) is 6.94. The van der Waals surface area contributed by atoms with Crippen molar-refractivity contribution >= 4 is 5.91 Å². The molecule has 3 fully saturated rings. The average Bonchev–Trinajstić information content (AvgIpc) is 2.99. The molecule has 2 saturated heterocycles. The fraction of sp³-hybridized carbons (Fsp3) is 0.750. The van der Waals surface area contributed by atoms with Gasteiger partial charge in [-0.2, -0.15) is 5.10 Å². The molecule has 2 unspecified atom stereocenters. The normalized spacial score (nSPS) is 31.3. The molecular formula is C16H24N4O. The maximum Gasteiger partial charge on any atom is 0.226 e. The summed E-state index contributed by atoms with van der Waals surface area (Å²) in [5, 5.41) is 10.4. The minimum Gasteiger partial charge on any atom is -0.335 e. The van der Waals surface area contributed by atoms with E-state index in [-0.39, 0.29) is 12.0 Å². The molecule has 1 aromatic rings. The van der Waals surface area contributed by atoms with Gasteiger partial charge in [0.05, 0.1) is 12.2 Å². The Morgan fingerprint density at radius 2 is 2.19 bits per heavy atom. The van der Waals surface area contributed by atoms with Gasteiger partial charge in [0, 0.05) is 24.2 Å². The van der Waals surface area contributed by atoms with Crippen molar-refractivity contribution in [1.82, 2.24) is 20.4 Å². The Labute approximate surface area is 125 Å². The maximum absolute atomic E-state index is 13.0. The van der Waals surface area contributed by atoms with Gasteiger partial charge in [0.2, 0.25) is 5.91 Å². The molecule has 4 rings (SSSR count). The molecule has 1 aliphatic carbocycles. The lowest BCUT2D eigenvalue weighted by molar-refractivity contribution is -0.137. The van der Waals surface area contributed by atoms with Gasteiger partial charge >= 0.3 is 0 Å². The average molecular weight is 288 g/mol. The van der Waals surface area contributed by atoms with E-state index in [4.69, 9.17) is 0 Å². The summed E-state index contributed by atoms with van der Waals surface area (Å²) in [4.78, 5) is 15.2. The molecule has 1 saturated carbocycles. The predicted molar refractivity (Wildman–Crippen MR) is 79.5 cm³/mol. The lowest BCUT2D eigenvalue weighted by atomic mass is 9.90. The molecule has 5 nitrogen and oxygen atoms in total. The number of piperidine rings is 2. The minimum absolute atomic E-state index is 0.240. The Hall–Kier alpha value is -1.36. The molecule has 5 heteroatoms. The number of H-pyrrole nitrogens is 1. The van der Waals surface area contributed by atoms with Crippen molar-refractivity contribution < 1.29 is 4.79 Å². The van der Waals surface area contributed by atoms with Gasteiger partial charge in [0.25, 0.3) is 0 Å². The monoisotopic (exact) mass is 288 g/mol. The molecule has 3 heterocycles. The molecule has 0 radical (unpaired) electrons. The van der Waals surface area contributed by atoms with Gasteiger partial charge in [-0.3, -0.25) is 9.89 Å². The second kappa shape index (κ2) is 5.13. The first-order chi connectivity index (χ1) is 10.3. The molecular weight excluding hydrogens is 264 g/mol. The molecule has 21 heavy (non-hydrogen) atoms. The number of aromatic nitrogens is 2. The van der Waals surface area contributed by atoms with Crippen molar-refractivity contribution in [3.05, 3.63) is 18.0 Å². The summed E-state index contributed by atoms with van der Waals surface area (Å²) in [6.45, 7) is 3.07. The standard InChI is InChI=1S/C16H24N4O/c21-15(13-9-16(13)4-6-17-7-5-16)20-8-2-1-3-14(20)12-10-18-19-11-12/h10-11,13-14,17H,1-9H2,(H,18,19). The first kappa shape index (κ1) is 13.3. The van der Waals surface area contributed by atoms with E-state index in [0.717, 1.165) is 38.9 Å². The summed E-state index contributed by atoms with van der Waals surface area (Å²) in [5.74, 6) is 0.690. The Balaban J connectivity index is 1.50. The number of rotatable bonds is 2. The predicted octanol–water partition coefficient (Wildman–Crippen LogP) is 1.85. The maximum atomic E-state index is 13.0. The lowest BCUT2D eigenvalue weighted by Crippen LogP contribution is -2.41. The Morgan fingerprint density at radius 1 is 1.33 bits per heavy atom. The molecule has 2 atom stereocenters. The van der Waals surface area contributed by atoms with Crippen molar-refractivity contribution in [2.45, 2.75) is 44.6 Å². The number of nitrogens with zero attached hydrogens (tertiary/aromatic N) is 2. The SMILES string of the molecule is O=C(C1CC12CCNCC2)N1CCCCC1c1cn[nH]c1. The molecule has 3 aliphatic rings. The van der Waals surface area contributed by atoms with Crippen LogP contribution in [0.5, 0.6) is 0 Å². The zero-order valence-corrected chi connectivity index (χ0v) is 12.5. The van der Waals surface area contributed by atoms with Gasteiger partial charge < -0.3 is 10.2 Å². The number of nitrogens with one attached hydrogen (secondary N) is 2. The highest BCUT2D eigenvalue weighted by Crippen LogP contribution is 2.59. The van der Waals surface area contributed by atoms with Gasteiger partial charge in [0.1, 0.15) is 0 Å². The van der Waals surface area contributed by atoms with Gasteiger partial charge in [-0.15, -0.1) is 0 Å². The molecule has 2 N–H and O–H groups in total. The molecule has 2 aliphatic heterocycles. The van der Waals surface area contributed by atoms with E-state index in [1.165, 1.54) is 24.8 Å². The Kier molecular flexibility index (Phi) is 3.25. The quantitative estimate of drug-likeness (QED) is 0.873. The van der Waals surface area contributed by atoms with Crippen LogP contribution in [0.1, 0.15) is 50.1 Å². The first-order valence-corrected chi connectivity index (χ1v) is 8.30. The summed E-state index contributed by atoms with van der Waals surface area (Å²) in [6, 6.07) is 0.240. The van der Waals surface area contributed by atoms with Crippen molar-refractivity contribution in [1.29, 1.82) is 0 Å². The van der Waals surface area contributed by atoms with Crippen molar-refractivity contribution in [3.63, 3.8) is 0 Å². The molecule has 1 aromatic heterocycles. The fourth-order valence-electron chi connectivity index (χ4n) is 4.36. The van der Waals surface area contributed by atoms with E-state index in [2.05, 4.69) is 20.4 Å². The molecule has 114 valence electrons. The van der Waals surface area contributed by atoms with Crippen LogP contribution in [0, 0.1) is 11.3 Å². The zero-order chi connectivity index (χ0) is 14.3. The van der Waals surface area contributed by atoms with E-state index >= 15 is 0 Å². The van der Waals surface area contributed by atoms with Crippen LogP contribution in [-0.2, 0) is 4.79 Å². The highest BCUT2D eigenvalue weighted by Gasteiger charge is 2.59.